The summed E-state index contributed by atoms with van der Waals surface area (Å²) in [5.74, 6) is 0.719. The molecular weight excluding hydrogens is 266 g/mol. The number of rotatable bonds is 3. The van der Waals surface area contributed by atoms with Crippen LogP contribution in [0.1, 0.15) is 6.92 Å². The van der Waals surface area contributed by atoms with Crippen LogP contribution < -0.4 is 4.90 Å². The Morgan fingerprint density at radius 1 is 1.12 bits per heavy atom. The molecule has 4 heteroatoms. The fourth-order valence-corrected chi connectivity index (χ4v) is 1.70. The molecule has 0 aliphatic rings. The maximum Gasteiger partial charge on any atom is 0.229 e. The lowest BCUT2D eigenvalue weighted by Crippen LogP contribution is -2.18. The van der Waals surface area contributed by atoms with Gasteiger partial charge in [-0.25, -0.2) is 9.97 Å². The van der Waals surface area contributed by atoms with Crippen LogP contribution in [0.25, 0.3) is 0 Å². The number of hydrogen-bond donors (Lipinski definition) is 0. The van der Waals surface area contributed by atoms with Gasteiger partial charge in [0.25, 0.3) is 0 Å². The quantitative estimate of drug-likeness (QED) is 0.861. The second-order valence-corrected chi connectivity index (χ2v) is 4.20. The van der Waals surface area contributed by atoms with Gasteiger partial charge in [0.1, 0.15) is 0 Å². The summed E-state index contributed by atoms with van der Waals surface area (Å²) in [6.07, 6.45) is 3.52. The second kappa shape index (κ2) is 5.07. The van der Waals surface area contributed by atoms with E-state index >= 15 is 0 Å². The molecule has 82 valence electrons. The molecule has 0 fully saturated rings. The molecule has 3 nitrogen and oxygen atoms in total. The predicted octanol–water partition coefficient (Wildman–Crippen LogP) is 3.40. The van der Waals surface area contributed by atoms with Gasteiger partial charge in [-0.1, -0.05) is 18.2 Å². The minimum atomic E-state index is 0.719. The summed E-state index contributed by atoms with van der Waals surface area (Å²) >= 11 is 3.33. The van der Waals surface area contributed by atoms with E-state index in [9.17, 15) is 0 Å². The zero-order valence-corrected chi connectivity index (χ0v) is 10.6. The Morgan fingerprint density at radius 3 is 2.31 bits per heavy atom. The van der Waals surface area contributed by atoms with Gasteiger partial charge in [-0.05, 0) is 35.0 Å². The van der Waals surface area contributed by atoms with Crippen LogP contribution in [0.3, 0.4) is 0 Å². The lowest BCUT2D eigenvalue weighted by molar-refractivity contribution is 0.943. The zero-order chi connectivity index (χ0) is 11.4. The molecule has 0 saturated heterocycles. The summed E-state index contributed by atoms with van der Waals surface area (Å²) in [4.78, 5) is 10.6. The van der Waals surface area contributed by atoms with Crippen molar-refractivity contribution in [2.45, 2.75) is 6.92 Å². The normalized spacial score (nSPS) is 10.1. The van der Waals surface area contributed by atoms with Gasteiger partial charge in [0.05, 0.1) is 4.47 Å². The van der Waals surface area contributed by atoms with Crippen LogP contribution in [0.4, 0.5) is 11.6 Å². The zero-order valence-electron chi connectivity index (χ0n) is 8.97. The van der Waals surface area contributed by atoms with Crippen molar-refractivity contribution >= 4 is 27.6 Å². The van der Waals surface area contributed by atoms with E-state index in [0.29, 0.717) is 0 Å². The van der Waals surface area contributed by atoms with E-state index in [0.717, 1.165) is 22.7 Å². The monoisotopic (exact) mass is 277 g/mol. The molecule has 0 spiro atoms. The van der Waals surface area contributed by atoms with Crippen LogP contribution in [-0.4, -0.2) is 16.5 Å². The average Bonchev–Trinajstić information content (AvgIpc) is 2.34. The van der Waals surface area contributed by atoms with Crippen molar-refractivity contribution in [3.05, 3.63) is 47.2 Å². The molecule has 2 aromatic rings. The van der Waals surface area contributed by atoms with E-state index in [-0.39, 0.29) is 0 Å². The summed E-state index contributed by atoms with van der Waals surface area (Å²) in [6, 6.07) is 10.1. The van der Waals surface area contributed by atoms with Crippen molar-refractivity contribution in [2.75, 3.05) is 11.4 Å². The number of anilines is 2. The van der Waals surface area contributed by atoms with Gasteiger partial charge in [0.15, 0.2) is 0 Å². The number of hydrogen-bond acceptors (Lipinski definition) is 3. The number of benzene rings is 1. The van der Waals surface area contributed by atoms with E-state index in [1.54, 1.807) is 12.4 Å². The van der Waals surface area contributed by atoms with E-state index < -0.39 is 0 Å². The first-order valence-electron chi connectivity index (χ1n) is 5.11. The highest BCUT2D eigenvalue weighted by Gasteiger charge is 2.08. The molecule has 1 aromatic heterocycles. The Morgan fingerprint density at radius 2 is 1.75 bits per heavy atom. The molecule has 1 aromatic carbocycles. The maximum atomic E-state index is 4.29. The summed E-state index contributed by atoms with van der Waals surface area (Å²) in [5, 5.41) is 0. The van der Waals surface area contributed by atoms with Crippen molar-refractivity contribution in [3.63, 3.8) is 0 Å². The molecular formula is C12H12BrN3. The van der Waals surface area contributed by atoms with Crippen LogP contribution in [-0.2, 0) is 0 Å². The number of aromatic nitrogens is 2. The molecule has 0 N–H and O–H groups in total. The summed E-state index contributed by atoms with van der Waals surface area (Å²) in [5.41, 5.74) is 1.10. The highest BCUT2D eigenvalue weighted by atomic mass is 79.9. The third-order valence-electron chi connectivity index (χ3n) is 2.23. The maximum absolute atomic E-state index is 4.29. The molecule has 0 bridgehead atoms. The SMILES string of the molecule is CCN(c1ccccc1)c1ncc(Br)cn1. The first-order chi connectivity index (χ1) is 7.81. The molecule has 0 aliphatic carbocycles. The van der Waals surface area contributed by atoms with Crippen molar-refractivity contribution in [3.8, 4) is 0 Å². The lowest BCUT2D eigenvalue weighted by atomic mass is 10.3. The van der Waals surface area contributed by atoms with Crippen molar-refractivity contribution in [1.29, 1.82) is 0 Å². The number of halogens is 1. The summed E-state index contributed by atoms with van der Waals surface area (Å²) < 4.78 is 0.889. The molecule has 0 aliphatic heterocycles. The first-order valence-corrected chi connectivity index (χ1v) is 5.90. The summed E-state index contributed by atoms with van der Waals surface area (Å²) in [6.45, 7) is 2.92. The molecule has 0 amide bonds. The van der Waals surface area contributed by atoms with Crippen molar-refractivity contribution in [2.24, 2.45) is 0 Å². The fraction of sp³-hybridized carbons (Fsp3) is 0.167. The van der Waals surface area contributed by atoms with Crippen LogP contribution in [0.2, 0.25) is 0 Å². The topological polar surface area (TPSA) is 29.0 Å². The number of para-hydroxylation sites is 1. The Balaban J connectivity index is 2.33. The smallest absolute Gasteiger partial charge is 0.229 e. The lowest BCUT2D eigenvalue weighted by Gasteiger charge is -2.20. The predicted molar refractivity (Wildman–Crippen MR) is 68.9 cm³/mol. The van der Waals surface area contributed by atoms with Crippen LogP contribution in [0.15, 0.2) is 47.2 Å². The fourth-order valence-electron chi connectivity index (χ4n) is 1.49. The standard InChI is InChI=1S/C12H12BrN3/c1-2-16(11-6-4-3-5-7-11)12-14-8-10(13)9-15-12/h3-9H,2H2,1H3. The Labute approximate surface area is 103 Å². The van der Waals surface area contributed by atoms with Gasteiger partial charge in [0, 0.05) is 24.6 Å². The van der Waals surface area contributed by atoms with Crippen molar-refractivity contribution in [1.82, 2.24) is 9.97 Å². The molecule has 0 saturated carbocycles. The molecule has 0 radical (unpaired) electrons. The highest BCUT2D eigenvalue weighted by Crippen LogP contribution is 2.21. The minimum absolute atomic E-state index is 0.719. The van der Waals surface area contributed by atoms with E-state index in [4.69, 9.17) is 0 Å². The minimum Gasteiger partial charge on any atom is -0.311 e. The second-order valence-electron chi connectivity index (χ2n) is 3.28. The van der Waals surface area contributed by atoms with E-state index in [2.05, 4.69) is 49.9 Å². The average molecular weight is 278 g/mol. The summed E-state index contributed by atoms with van der Waals surface area (Å²) in [7, 11) is 0. The van der Waals surface area contributed by atoms with Gasteiger partial charge >= 0.3 is 0 Å². The van der Waals surface area contributed by atoms with Crippen molar-refractivity contribution < 1.29 is 0 Å². The molecule has 0 atom stereocenters. The van der Waals surface area contributed by atoms with Gasteiger partial charge in [-0.15, -0.1) is 0 Å². The van der Waals surface area contributed by atoms with Gasteiger partial charge in [0.2, 0.25) is 5.95 Å². The van der Waals surface area contributed by atoms with Gasteiger partial charge in [-0.2, -0.15) is 0 Å². The number of nitrogens with zero attached hydrogens (tertiary/aromatic N) is 3. The Bertz CT molecular complexity index is 442. The van der Waals surface area contributed by atoms with E-state index in [1.807, 2.05) is 18.2 Å². The van der Waals surface area contributed by atoms with E-state index in [1.165, 1.54) is 0 Å². The third kappa shape index (κ3) is 2.39. The largest absolute Gasteiger partial charge is 0.311 e. The molecule has 2 rings (SSSR count). The van der Waals surface area contributed by atoms with Crippen LogP contribution in [0.5, 0.6) is 0 Å². The van der Waals surface area contributed by atoms with Crippen LogP contribution >= 0.6 is 15.9 Å². The molecule has 1 heterocycles. The molecule has 16 heavy (non-hydrogen) atoms. The highest BCUT2D eigenvalue weighted by molar-refractivity contribution is 9.10. The Kier molecular flexibility index (Phi) is 3.51. The van der Waals surface area contributed by atoms with Gasteiger partial charge < -0.3 is 4.90 Å². The first kappa shape index (κ1) is 11.1. The Hall–Kier alpha value is -1.42. The third-order valence-corrected chi connectivity index (χ3v) is 2.64. The molecule has 0 unspecified atom stereocenters. The van der Waals surface area contributed by atoms with Crippen LogP contribution in [0, 0.1) is 0 Å². The van der Waals surface area contributed by atoms with Gasteiger partial charge in [-0.3, -0.25) is 0 Å².